The quantitative estimate of drug-likeness (QED) is 0.782. The molecular formula is C22H25N5O2. The highest BCUT2D eigenvalue weighted by molar-refractivity contribution is 6.33. The molecule has 0 unspecified atom stereocenters. The number of ether oxygens (including phenoxy) is 1. The number of nitrogens with one attached hydrogen (secondary N) is 2. The van der Waals surface area contributed by atoms with Crippen molar-refractivity contribution in [3.8, 4) is 0 Å². The smallest absolute Gasteiger partial charge is 0.273 e. The molecule has 4 heterocycles. The first-order valence-electron chi connectivity index (χ1n) is 10.3. The Morgan fingerprint density at radius 1 is 1.21 bits per heavy atom. The minimum Gasteiger partial charge on any atom is -0.379 e. The number of aryl methyl sites for hydroxylation is 1. The Bertz CT molecular complexity index is 971. The van der Waals surface area contributed by atoms with E-state index < -0.39 is 0 Å². The summed E-state index contributed by atoms with van der Waals surface area (Å²) in [6, 6.07) is 3.78. The summed E-state index contributed by atoms with van der Waals surface area (Å²) >= 11 is 0. The number of fused-ring (bicyclic) bond motifs is 1. The summed E-state index contributed by atoms with van der Waals surface area (Å²) in [4.78, 5) is 22.8. The molecule has 2 N–H and O–H groups in total. The highest BCUT2D eigenvalue weighted by Crippen LogP contribution is 2.30. The van der Waals surface area contributed by atoms with E-state index in [9.17, 15) is 4.79 Å². The van der Waals surface area contributed by atoms with Crippen molar-refractivity contribution in [2.75, 3.05) is 26.3 Å². The Hall–Kier alpha value is -2.77. The van der Waals surface area contributed by atoms with E-state index in [0.717, 1.165) is 56.9 Å². The van der Waals surface area contributed by atoms with Crippen LogP contribution in [0.3, 0.4) is 0 Å². The molecule has 0 radical (unpaired) electrons. The summed E-state index contributed by atoms with van der Waals surface area (Å²) in [5, 5.41) is 4.26. The molecule has 0 atom stereocenters. The molecule has 0 bridgehead atoms. The van der Waals surface area contributed by atoms with Crippen LogP contribution in [0.4, 0.5) is 0 Å². The fourth-order valence-electron chi connectivity index (χ4n) is 4.40. The third kappa shape index (κ3) is 3.63. The first-order valence-corrected chi connectivity index (χ1v) is 10.3. The lowest BCUT2D eigenvalue weighted by Crippen LogP contribution is -2.36. The van der Waals surface area contributed by atoms with Gasteiger partial charge in [-0.3, -0.25) is 14.7 Å². The van der Waals surface area contributed by atoms with Gasteiger partial charge in [-0.25, -0.2) is 5.43 Å². The fourth-order valence-corrected chi connectivity index (χ4v) is 4.40. The van der Waals surface area contributed by atoms with Crippen LogP contribution < -0.4 is 5.43 Å². The second-order valence-electron chi connectivity index (χ2n) is 7.77. The third-order valence-corrected chi connectivity index (χ3v) is 5.92. The first-order chi connectivity index (χ1) is 14.3. The van der Waals surface area contributed by atoms with Crippen molar-refractivity contribution in [2.24, 2.45) is 5.10 Å². The van der Waals surface area contributed by atoms with Crippen LogP contribution in [-0.4, -0.2) is 52.8 Å². The second-order valence-corrected chi connectivity index (χ2v) is 7.77. The maximum atomic E-state index is 12.6. The summed E-state index contributed by atoms with van der Waals surface area (Å²) in [6.45, 7) is 4.33. The Labute approximate surface area is 169 Å². The van der Waals surface area contributed by atoms with E-state index in [4.69, 9.17) is 4.74 Å². The van der Waals surface area contributed by atoms with Gasteiger partial charge in [0.15, 0.2) is 0 Å². The molecule has 1 aliphatic carbocycles. The summed E-state index contributed by atoms with van der Waals surface area (Å²) in [6.07, 6.45) is 10.0. The number of amides is 1. The average molecular weight is 391 g/mol. The molecule has 150 valence electrons. The summed E-state index contributed by atoms with van der Waals surface area (Å²) < 4.78 is 5.51. The average Bonchev–Trinajstić information content (AvgIpc) is 3.30. The number of pyridine rings is 1. The van der Waals surface area contributed by atoms with Crippen LogP contribution in [0.5, 0.6) is 0 Å². The Balaban J connectivity index is 1.53. The number of aromatic amines is 1. The maximum Gasteiger partial charge on any atom is 0.273 e. The standard InChI is InChI=1S/C22H25N5O2/c28-22-17(21(25-26-22)15-4-3-7-23-13-15)12-20-18(14-27-8-10-29-11-9-27)16-5-1-2-6-19(16)24-20/h3-4,7,12-13,24H,1-2,5-6,8-11,14H2,(H,26,28). The minimum atomic E-state index is -0.172. The number of hydrogen-bond acceptors (Lipinski definition) is 5. The first kappa shape index (κ1) is 18.3. The van der Waals surface area contributed by atoms with Gasteiger partial charge in [0.1, 0.15) is 5.71 Å². The molecule has 1 amide bonds. The number of rotatable bonds is 4. The van der Waals surface area contributed by atoms with Crippen LogP contribution in [0.2, 0.25) is 0 Å². The fraction of sp³-hybridized carbons (Fsp3) is 0.409. The lowest BCUT2D eigenvalue weighted by molar-refractivity contribution is -0.116. The van der Waals surface area contributed by atoms with Gasteiger partial charge in [0.2, 0.25) is 0 Å². The molecule has 2 aromatic heterocycles. The number of nitrogens with zero attached hydrogens (tertiary/aromatic N) is 3. The number of carbonyl (C=O) groups is 1. The van der Waals surface area contributed by atoms with Gasteiger partial charge in [-0.1, -0.05) is 0 Å². The molecule has 0 aromatic carbocycles. The Kier molecular flexibility index (Phi) is 4.99. The van der Waals surface area contributed by atoms with Gasteiger partial charge < -0.3 is 9.72 Å². The van der Waals surface area contributed by atoms with Gasteiger partial charge in [0, 0.05) is 49.0 Å². The maximum absolute atomic E-state index is 12.6. The van der Waals surface area contributed by atoms with Crippen LogP contribution in [0.1, 0.15) is 40.9 Å². The lowest BCUT2D eigenvalue weighted by Gasteiger charge is -2.27. The van der Waals surface area contributed by atoms with Crippen LogP contribution in [0.15, 0.2) is 35.2 Å². The summed E-state index contributed by atoms with van der Waals surface area (Å²) in [5.74, 6) is -0.172. The van der Waals surface area contributed by atoms with Crippen molar-refractivity contribution >= 4 is 17.7 Å². The van der Waals surface area contributed by atoms with E-state index in [-0.39, 0.29) is 5.91 Å². The number of morpholine rings is 1. The number of carbonyl (C=O) groups excluding carboxylic acids is 1. The monoisotopic (exact) mass is 391 g/mol. The van der Waals surface area contributed by atoms with Crippen molar-refractivity contribution in [1.82, 2.24) is 20.3 Å². The molecule has 0 spiro atoms. The van der Waals surface area contributed by atoms with Gasteiger partial charge in [0.25, 0.3) is 5.91 Å². The lowest BCUT2D eigenvalue weighted by atomic mass is 9.93. The van der Waals surface area contributed by atoms with Crippen molar-refractivity contribution in [1.29, 1.82) is 0 Å². The third-order valence-electron chi connectivity index (χ3n) is 5.92. The summed E-state index contributed by atoms with van der Waals surface area (Å²) in [5.41, 5.74) is 9.79. The molecule has 29 heavy (non-hydrogen) atoms. The van der Waals surface area contributed by atoms with Crippen LogP contribution >= 0.6 is 0 Å². The molecule has 3 aliphatic rings. The largest absolute Gasteiger partial charge is 0.379 e. The predicted molar refractivity (Wildman–Crippen MR) is 110 cm³/mol. The van der Waals surface area contributed by atoms with E-state index >= 15 is 0 Å². The van der Waals surface area contributed by atoms with Gasteiger partial charge in [-0.05, 0) is 55.0 Å². The molecule has 2 aliphatic heterocycles. The zero-order chi connectivity index (χ0) is 19.6. The van der Waals surface area contributed by atoms with E-state index in [1.165, 1.54) is 29.7 Å². The predicted octanol–water partition coefficient (Wildman–Crippen LogP) is 2.04. The van der Waals surface area contributed by atoms with Crippen molar-refractivity contribution < 1.29 is 9.53 Å². The number of H-pyrrole nitrogens is 1. The number of hydrazone groups is 1. The molecule has 1 fully saturated rings. The molecule has 1 saturated heterocycles. The topological polar surface area (TPSA) is 82.6 Å². The van der Waals surface area contributed by atoms with Gasteiger partial charge in [0.05, 0.1) is 18.8 Å². The molecule has 7 nitrogen and oxygen atoms in total. The van der Waals surface area contributed by atoms with Crippen molar-refractivity contribution in [3.05, 3.63) is 58.2 Å². The molecule has 2 aromatic rings. The highest BCUT2D eigenvalue weighted by atomic mass is 16.5. The van der Waals surface area contributed by atoms with E-state index in [1.807, 2.05) is 18.2 Å². The number of hydrogen-bond donors (Lipinski definition) is 2. The molecule has 7 heteroatoms. The van der Waals surface area contributed by atoms with Crippen LogP contribution in [-0.2, 0) is 28.9 Å². The van der Waals surface area contributed by atoms with Gasteiger partial charge >= 0.3 is 0 Å². The Morgan fingerprint density at radius 2 is 2.07 bits per heavy atom. The second kappa shape index (κ2) is 7.93. The van der Waals surface area contributed by atoms with Gasteiger partial charge in [-0.15, -0.1) is 0 Å². The highest BCUT2D eigenvalue weighted by Gasteiger charge is 2.27. The summed E-state index contributed by atoms with van der Waals surface area (Å²) in [7, 11) is 0. The molecule has 0 saturated carbocycles. The molecular weight excluding hydrogens is 366 g/mol. The van der Waals surface area contributed by atoms with Crippen LogP contribution in [0.25, 0.3) is 6.08 Å². The van der Waals surface area contributed by atoms with E-state index in [1.54, 1.807) is 12.4 Å². The van der Waals surface area contributed by atoms with E-state index in [0.29, 0.717) is 11.3 Å². The Morgan fingerprint density at radius 3 is 2.90 bits per heavy atom. The SMILES string of the molecule is O=C1NN=C(c2cccnc2)C1=Cc1[nH]c2c(c1CN1CCOCC1)CCCC2. The minimum absolute atomic E-state index is 0.172. The van der Waals surface area contributed by atoms with Crippen molar-refractivity contribution in [3.63, 3.8) is 0 Å². The number of aromatic nitrogens is 2. The molecule has 5 rings (SSSR count). The van der Waals surface area contributed by atoms with Crippen molar-refractivity contribution in [2.45, 2.75) is 32.2 Å². The van der Waals surface area contributed by atoms with Crippen LogP contribution in [0, 0.1) is 0 Å². The van der Waals surface area contributed by atoms with Gasteiger partial charge in [-0.2, -0.15) is 5.10 Å². The normalized spacial score (nSPS) is 21.2. The zero-order valence-electron chi connectivity index (χ0n) is 16.4. The van der Waals surface area contributed by atoms with E-state index in [2.05, 4.69) is 25.4 Å². The zero-order valence-corrected chi connectivity index (χ0v) is 16.4.